The molecular formula is C18H18N4O3. The smallest absolute Gasteiger partial charge is 0.322 e. The zero-order chi connectivity index (χ0) is 18.2. The highest BCUT2D eigenvalue weighted by atomic mass is 16.5. The topological polar surface area (TPSA) is 103 Å². The van der Waals surface area contributed by atoms with E-state index in [2.05, 4.69) is 5.10 Å². The number of nitrogens with zero attached hydrogens (tertiary/aromatic N) is 3. The van der Waals surface area contributed by atoms with E-state index in [1.54, 1.807) is 25.5 Å². The zero-order valence-corrected chi connectivity index (χ0v) is 14.2. The van der Waals surface area contributed by atoms with Crippen LogP contribution >= 0.6 is 0 Å². The lowest BCUT2D eigenvalue weighted by atomic mass is 9.75. The maximum atomic E-state index is 12.7. The van der Waals surface area contributed by atoms with Crippen LogP contribution in [0.15, 0.2) is 41.8 Å². The van der Waals surface area contributed by atoms with E-state index in [-0.39, 0.29) is 18.1 Å². The Labute approximate surface area is 145 Å². The molecule has 0 amide bonds. The third-order valence-electron chi connectivity index (χ3n) is 4.27. The van der Waals surface area contributed by atoms with E-state index in [0.717, 1.165) is 5.69 Å². The average Bonchev–Trinajstić information content (AvgIpc) is 2.93. The number of para-hydroxylation sites is 1. The lowest BCUT2D eigenvalue weighted by Crippen LogP contribution is -2.41. The normalized spacial score (nSPS) is 19.0. The second-order valence-electron chi connectivity index (χ2n) is 5.81. The van der Waals surface area contributed by atoms with Crippen molar-refractivity contribution in [2.45, 2.75) is 26.2 Å². The van der Waals surface area contributed by atoms with Crippen LogP contribution in [0, 0.1) is 18.3 Å². The number of carbonyl (C=O) groups excluding carboxylic acids is 1. The van der Waals surface area contributed by atoms with Crippen molar-refractivity contribution in [3.05, 3.63) is 53.0 Å². The second kappa shape index (κ2) is 5.98. The highest BCUT2D eigenvalue weighted by Gasteiger charge is 2.51. The average molecular weight is 338 g/mol. The minimum atomic E-state index is -1.38. The van der Waals surface area contributed by atoms with Gasteiger partial charge in [0.1, 0.15) is 17.1 Å². The number of benzene rings is 1. The van der Waals surface area contributed by atoms with Crippen LogP contribution in [-0.2, 0) is 14.9 Å². The number of hydrogen-bond donors (Lipinski definition) is 1. The number of hydrogen-bond acceptors (Lipinski definition) is 6. The summed E-state index contributed by atoms with van der Waals surface area (Å²) in [5, 5.41) is 14.0. The molecular weight excluding hydrogens is 320 g/mol. The molecule has 25 heavy (non-hydrogen) atoms. The number of aryl methyl sites for hydroxylation is 1. The number of ether oxygens (including phenoxy) is 2. The van der Waals surface area contributed by atoms with E-state index in [1.807, 2.05) is 36.4 Å². The van der Waals surface area contributed by atoms with Crippen LogP contribution in [0.4, 0.5) is 0 Å². The van der Waals surface area contributed by atoms with Crippen molar-refractivity contribution in [3.8, 4) is 17.6 Å². The fraction of sp³-hybridized carbons (Fsp3) is 0.278. The Morgan fingerprint density at radius 2 is 2.12 bits per heavy atom. The van der Waals surface area contributed by atoms with Crippen LogP contribution in [0.3, 0.4) is 0 Å². The van der Waals surface area contributed by atoms with Crippen molar-refractivity contribution >= 4 is 5.97 Å². The number of fused-ring (bicyclic) bond motifs is 1. The molecule has 7 nitrogen and oxygen atoms in total. The molecule has 0 saturated heterocycles. The minimum absolute atomic E-state index is 0.0224. The molecule has 1 aliphatic rings. The van der Waals surface area contributed by atoms with Gasteiger partial charge in [0.25, 0.3) is 0 Å². The Hall–Kier alpha value is -3.27. The molecule has 0 radical (unpaired) electrons. The molecule has 2 N–H and O–H groups in total. The Morgan fingerprint density at radius 3 is 2.72 bits per heavy atom. The number of esters is 1. The molecule has 0 aliphatic carbocycles. The van der Waals surface area contributed by atoms with E-state index in [1.165, 1.54) is 0 Å². The van der Waals surface area contributed by atoms with Crippen molar-refractivity contribution in [1.29, 1.82) is 5.26 Å². The number of rotatable bonds is 3. The van der Waals surface area contributed by atoms with Crippen molar-refractivity contribution in [1.82, 2.24) is 9.78 Å². The monoisotopic (exact) mass is 338 g/mol. The van der Waals surface area contributed by atoms with Gasteiger partial charge in [0, 0.05) is 0 Å². The molecule has 1 unspecified atom stereocenters. The van der Waals surface area contributed by atoms with Crippen molar-refractivity contribution in [3.63, 3.8) is 0 Å². The highest BCUT2D eigenvalue weighted by molar-refractivity contribution is 5.90. The van der Waals surface area contributed by atoms with Crippen molar-refractivity contribution in [2.24, 2.45) is 5.73 Å². The second-order valence-corrected chi connectivity index (χ2v) is 5.81. The zero-order valence-electron chi connectivity index (χ0n) is 14.2. The predicted molar refractivity (Wildman–Crippen MR) is 89.7 cm³/mol. The first-order valence-corrected chi connectivity index (χ1v) is 7.86. The summed E-state index contributed by atoms with van der Waals surface area (Å²) in [5.74, 6) is -0.367. The Balaban J connectivity index is 2.29. The first kappa shape index (κ1) is 16.6. The van der Waals surface area contributed by atoms with Gasteiger partial charge in [-0.2, -0.15) is 10.4 Å². The summed E-state index contributed by atoms with van der Waals surface area (Å²) in [4.78, 5) is 12.7. The van der Waals surface area contributed by atoms with Crippen LogP contribution in [0.25, 0.3) is 5.69 Å². The lowest BCUT2D eigenvalue weighted by molar-refractivity contribution is -0.148. The van der Waals surface area contributed by atoms with E-state index in [9.17, 15) is 10.1 Å². The maximum Gasteiger partial charge on any atom is 0.322 e. The van der Waals surface area contributed by atoms with Gasteiger partial charge in [0.2, 0.25) is 11.8 Å². The Bertz CT molecular complexity index is 908. The fourth-order valence-corrected chi connectivity index (χ4v) is 3.09. The molecule has 1 aliphatic heterocycles. The molecule has 2 aromatic rings. The molecule has 0 spiro atoms. The van der Waals surface area contributed by atoms with E-state index < -0.39 is 11.4 Å². The van der Waals surface area contributed by atoms with Crippen LogP contribution in [0.1, 0.15) is 25.1 Å². The fourth-order valence-electron chi connectivity index (χ4n) is 3.09. The molecule has 2 heterocycles. The number of carbonyl (C=O) groups is 1. The summed E-state index contributed by atoms with van der Waals surface area (Å²) in [6.07, 6.45) is 0. The third-order valence-corrected chi connectivity index (χ3v) is 4.27. The van der Waals surface area contributed by atoms with E-state index in [4.69, 9.17) is 15.2 Å². The van der Waals surface area contributed by atoms with Gasteiger partial charge in [0.05, 0.1) is 23.6 Å². The van der Waals surface area contributed by atoms with Crippen LogP contribution in [0.2, 0.25) is 0 Å². The van der Waals surface area contributed by atoms with Crippen LogP contribution in [-0.4, -0.2) is 22.4 Å². The molecule has 0 bridgehead atoms. The standard InChI is InChI=1S/C18H18N4O3/c1-4-24-17(23)18(3)13(10-19)15(20)25-16-14(18)11(2)21-22(16)12-8-6-5-7-9-12/h5-9H,4,20H2,1-3H3. The molecule has 1 aromatic carbocycles. The molecule has 0 saturated carbocycles. The number of nitriles is 1. The van der Waals surface area contributed by atoms with Crippen LogP contribution in [0.5, 0.6) is 5.88 Å². The predicted octanol–water partition coefficient (Wildman–Crippen LogP) is 2.09. The van der Waals surface area contributed by atoms with Gasteiger partial charge < -0.3 is 15.2 Å². The molecule has 3 rings (SSSR count). The van der Waals surface area contributed by atoms with Gasteiger partial charge in [0.15, 0.2) is 0 Å². The maximum absolute atomic E-state index is 12.7. The Morgan fingerprint density at radius 1 is 1.44 bits per heavy atom. The van der Waals surface area contributed by atoms with Gasteiger partial charge in [-0.1, -0.05) is 18.2 Å². The molecule has 0 fully saturated rings. The van der Waals surface area contributed by atoms with Gasteiger partial charge in [-0.05, 0) is 32.9 Å². The number of aromatic nitrogens is 2. The summed E-state index contributed by atoms with van der Waals surface area (Å²) >= 11 is 0. The summed E-state index contributed by atoms with van der Waals surface area (Å²) < 4.78 is 12.5. The van der Waals surface area contributed by atoms with Crippen molar-refractivity contribution < 1.29 is 14.3 Å². The molecule has 128 valence electrons. The lowest BCUT2D eigenvalue weighted by Gasteiger charge is -2.31. The minimum Gasteiger partial charge on any atom is -0.465 e. The first-order chi connectivity index (χ1) is 11.9. The van der Waals surface area contributed by atoms with Gasteiger partial charge >= 0.3 is 5.97 Å². The van der Waals surface area contributed by atoms with E-state index >= 15 is 0 Å². The van der Waals surface area contributed by atoms with Crippen LogP contribution < -0.4 is 10.5 Å². The molecule has 1 aromatic heterocycles. The quantitative estimate of drug-likeness (QED) is 0.860. The summed E-state index contributed by atoms with van der Waals surface area (Å²) in [6, 6.07) is 11.3. The summed E-state index contributed by atoms with van der Waals surface area (Å²) in [7, 11) is 0. The summed E-state index contributed by atoms with van der Waals surface area (Å²) in [6.45, 7) is 5.27. The summed E-state index contributed by atoms with van der Waals surface area (Å²) in [5.41, 5.74) is 6.41. The molecule has 1 atom stereocenters. The number of nitrogens with two attached hydrogens (primary N) is 1. The largest absolute Gasteiger partial charge is 0.465 e. The third kappa shape index (κ3) is 2.34. The highest BCUT2D eigenvalue weighted by Crippen LogP contribution is 2.46. The molecule has 7 heteroatoms. The SMILES string of the molecule is CCOC(=O)C1(C)C(C#N)=C(N)Oc2c1c(C)nn2-c1ccccc1. The Kier molecular flexibility index (Phi) is 3.97. The van der Waals surface area contributed by atoms with E-state index in [0.29, 0.717) is 17.1 Å². The first-order valence-electron chi connectivity index (χ1n) is 7.86. The van der Waals surface area contributed by atoms with Crippen molar-refractivity contribution in [2.75, 3.05) is 6.61 Å². The van der Waals surface area contributed by atoms with Gasteiger partial charge in [-0.25, -0.2) is 4.68 Å². The van der Waals surface area contributed by atoms with Gasteiger partial charge in [-0.15, -0.1) is 0 Å². The van der Waals surface area contributed by atoms with Gasteiger partial charge in [-0.3, -0.25) is 4.79 Å².